The standard InChI is InChI=1S/C18H15N3O/c19-17(20)14-6-3-12(4-7-14)1-2-13-5-8-16-15(11-13)9-10-21-18(16)22/h3-8,11H,9-10H2,(H3,19,20)(H,21,22). The number of carbonyl (C=O) groups is 1. The van der Waals surface area contributed by atoms with Crippen LogP contribution in [0.1, 0.15) is 32.6 Å². The number of nitrogen functional groups attached to an aromatic ring is 1. The number of nitrogens with two attached hydrogens (primary N) is 1. The predicted octanol–water partition coefficient (Wildman–Crippen LogP) is 1.66. The van der Waals surface area contributed by atoms with Crippen LogP contribution >= 0.6 is 0 Å². The third kappa shape index (κ3) is 2.84. The Kier molecular flexibility index (Phi) is 3.63. The zero-order chi connectivity index (χ0) is 15.5. The van der Waals surface area contributed by atoms with E-state index >= 15 is 0 Å². The van der Waals surface area contributed by atoms with Crippen LogP contribution in [-0.2, 0) is 6.42 Å². The van der Waals surface area contributed by atoms with E-state index in [4.69, 9.17) is 11.1 Å². The van der Waals surface area contributed by atoms with Crippen molar-refractivity contribution in [2.24, 2.45) is 5.73 Å². The number of hydrogen-bond donors (Lipinski definition) is 3. The van der Waals surface area contributed by atoms with Gasteiger partial charge in [0.15, 0.2) is 0 Å². The number of nitrogens with one attached hydrogen (secondary N) is 2. The van der Waals surface area contributed by atoms with Gasteiger partial charge in [0.05, 0.1) is 0 Å². The maximum absolute atomic E-state index is 11.7. The Hall–Kier alpha value is -3.06. The van der Waals surface area contributed by atoms with Crippen molar-refractivity contribution in [3.8, 4) is 11.8 Å². The van der Waals surface area contributed by atoms with Crippen LogP contribution < -0.4 is 11.1 Å². The molecule has 22 heavy (non-hydrogen) atoms. The number of rotatable bonds is 1. The van der Waals surface area contributed by atoms with E-state index in [1.165, 1.54) is 0 Å². The molecule has 0 atom stereocenters. The van der Waals surface area contributed by atoms with E-state index in [1.54, 1.807) is 12.1 Å². The van der Waals surface area contributed by atoms with Crippen LogP contribution in [0.3, 0.4) is 0 Å². The Morgan fingerprint density at radius 3 is 2.50 bits per heavy atom. The summed E-state index contributed by atoms with van der Waals surface area (Å²) in [6.07, 6.45) is 0.837. The summed E-state index contributed by atoms with van der Waals surface area (Å²) in [4.78, 5) is 11.7. The smallest absolute Gasteiger partial charge is 0.251 e. The minimum atomic E-state index is -0.0134. The Bertz CT molecular complexity index is 810. The van der Waals surface area contributed by atoms with Crippen molar-refractivity contribution in [1.29, 1.82) is 5.41 Å². The summed E-state index contributed by atoms with van der Waals surface area (Å²) >= 11 is 0. The number of hydrogen-bond acceptors (Lipinski definition) is 2. The Morgan fingerprint density at radius 2 is 1.77 bits per heavy atom. The summed E-state index contributed by atoms with van der Waals surface area (Å²) in [5, 5.41) is 10.2. The fraction of sp³-hybridized carbons (Fsp3) is 0.111. The average molecular weight is 289 g/mol. The molecule has 0 bridgehead atoms. The fourth-order valence-corrected chi connectivity index (χ4v) is 2.38. The number of benzene rings is 2. The molecule has 1 aliphatic heterocycles. The molecule has 0 saturated carbocycles. The van der Waals surface area contributed by atoms with E-state index in [1.807, 2.05) is 30.3 Å². The summed E-state index contributed by atoms with van der Waals surface area (Å²) < 4.78 is 0. The quantitative estimate of drug-likeness (QED) is 0.424. The number of amidine groups is 1. The highest BCUT2D eigenvalue weighted by molar-refractivity contribution is 5.97. The maximum atomic E-state index is 11.7. The van der Waals surface area contributed by atoms with E-state index in [-0.39, 0.29) is 11.7 Å². The number of amides is 1. The Morgan fingerprint density at radius 1 is 1.09 bits per heavy atom. The SMILES string of the molecule is N=C(N)c1ccc(C#Cc2ccc3c(c2)CCNC3=O)cc1. The lowest BCUT2D eigenvalue weighted by molar-refractivity contribution is 0.0946. The van der Waals surface area contributed by atoms with Gasteiger partial charge in [-0.05, 0) is 42.3 Å². The molecular weight excluding hydrogens is 274 g/mol. The molecular formula is C18H15N3O. The predicted molar refractivity (Wildman–Crippen MR) is 85.9 cm³/mol. The van der Waals surface area contributed by atoms with Gasteiger partial charge in [-0.25, -0.2) is 0 Å². The summed E-state index contributed by atoms with van der Waals surface area (Å²) in [5.74, 6) is 6.23. The normalized spacial score (nSPS) is 12.6. The second-order valence-corrected chi connectivity index (χ2v) is 5.12. The van der Waals surface area contributed by atoms with Gasteiger partial charge < -0.3 is 11.1 Å². The van der Waals surface area contributed by atoms with E-state index in [0.29, 0.717) is 12.1 Å². The first-order valence-electron chi connectivity index (χ1n) is 7.01. The largest absolute Gasteiger partial charge is 0.384 e. The molecule has 0 aliphatic carbocycles. The molecule has 1 aliphatic rings. The lowest BCUT2D eigenvalue weighted by atomic mass is 9.98. The van der Waals surface area contributed by atoms with Crippen molar-refractivity contribution in [3.63, 3.8) is 0 Å². The lowest BCUT2D eigenvalue weighted by Crippen LogP contribution is -2.31. The first-order chi connectivity index (χ1) is 10.6. The molecule has 3 rings (SSSR count). The first-order valence-corrected chi connectivity index (χ1v) is 7.01. The van der Waals surface area contributed by atoms with Crippen LogP contribution in [0.25, 0.3) is 0 Å². The van der Waals surface area contributed by atoms with Gasteiger partial charge in [-0.15, -0.1) is 0 Å². The van der Waals surface area contributed by atoms with Gasteiger partial charge in [-0.2, -0.15) is 0 Å². The van der Waals surface area contributed by atoms with Crippen molar-refractivity contribution in [3.05, 3.63) is 70.3 Å². The van der Waals surface area contributed by atoms with Crippen molar-refractivity contribution in [1.82, 2.24) is 5.32 Å². The maximum Gasteiger partial charge on any atom is 0.251 e. The molecule has 0 fully saturated rings. The molecule has 0 saturated heterocycles. The van der Waals surface area contributed by atoms with Gasteiger partial charge in [0.1, 0.15) is 5.84 Å². The molecule has 1 heterocycles. The van der Waals surface area contributed by atoms with E-state index < -0.39 is 0 Å². The molecule has 4 nitrogen and oxygen atoms in total. The van der Waals surface area contributed by atoms with Gasteiger partial charge in [-0.1, -0.05) is 24.0 Å². The van der Waals surface area contributed by atoms with Crippen LogP contribution in [-0.4, -0.2) is 18.3 Å². The van der Waals surface area contributed by atoms with Crippen molar-refractivity contribution in [2.75, 3.05) is 6.54 Å². The summed E-state index contributed by atoms with van der Waals surface area (Å²) in [7, 11) is 0. The van der Waals surface area contributed by atoms with Crippen LogP contribution in [0.5, 0.6) is 0 Å². The molecule has 108 valence electrons. The molecule has 2 aromatic carbocycles. The minimum absolute atomic E-state index is 0.0134. The van der Waals surface area contributed by atoms with Crippen LogP contribution in [0, 0.1) is 17.3 Å². The van der Waals surface area contributed by atoms with Gasteiger partial charge in [0.2, 0.25) is 0 Å². The molecule has 4 N–H and O–H groups in total. The molecule has 0 spiro atoms. The van der Waals surface area contributed by atoms with Gasteiger partial charge in [-0.3, -0.25) is 10.2 Å². The summed E-state index contributed by atoms with van der Waals surface area (Å²) in [5.41, 5.74) is 9.64. The monoisotopic (exact) mass is 289 g/mol. The third-order valence-corrected chi connectivity index (χ3v) is 3.58. The van der Waals surface area contributed by atoms with Crippen LogP contribution in [0.4, 0.5) is 0 Å². The van der Waals surface area contributed by atoms with Crippen LogP contribution in [0.2, 0.25) is 0 Å². The molecule has 4 heteroatoms. The highest BCUT2D eigenvalue weighted by atomic mass is 16.1. The molecule has 0 unspecified atom stereocenters. The highest BCUT2D eigenvalue weighted by Gasteiger charge is 2.15. The van der Waals surface area contributed by atoms with E-state index in [0.717, 1.165) is 28.7 Å². The molecule has 0 aromatic heterocycles. The van der Waals surface area contributed by atoms with E-state index in [9.17, 15) is 4.79 Å². The number of fused-ring (bicyclic) bond motifs is 1. The molecule has 2 aromatic rings. The zero-order valence-electron chi connectivity index (χ0n) is 11.9. The third-order valence-electron chi connectivity index (χ3n) is 3.58. The van der Waals surface area contributed by atoms with Gasteiger partial charge >= 0.3 is 0 Å². The summed E-state index contributed by atoms with van der Waals surface area (Å²) in [6.45, 7) is 0.676. The average Bonchev–Trinajstić information content (AvgIpc) is 2.53. The summed E-state index contributed by atoms with van der Waals surface area (Å²) in [6, 6.07) is 12.9. The lowest BCUT2D eigenvalue weighted by Gasteiger charge is -2.16. The van der Waals surface area contributed by atoms with Crippen molar-refractivity contribution < 1.29 is 4.79 Å². The van der Waals surface area contributed by atoms with Crippen LogP contribution in [0.15, 0.2) is 42.5 Å². The Balaban J connectivity index is 1.85. The first kappa shape index (κ1) is 13.9. The van der Waals surface area contributed by atoms with Crippen molar-refractivity contribution in [2.45, 2.75) is 6.42 Å². The van der Waals surface area contributed by atoms with E-state index in [2.05, 4.69) is 17.2 Å². The van der Waals surface area contributed by atoms with Gasteiger partial charge in [0, 0.05) is 28.8 Å². The second-order valence-electron chi connectivity index (χ2n) is 5.12. The zero-order valence-corrected chi connectivity index (χ0v) is 11.9. The highest BCUT2D eigenvalue weighted by Crippen LogP contribution is 2.15. The molecule has 1 amide bonds. The Labute approximate surface area is 128 Å². The number of carbonyl (C=O) groups excluding carboxylic acids is 1. The minimum Gasteiger partial charge on any atom is -0.384 e. The van der Waals surface area contributed by atoms with Gasteiger partial charge in [0.25, 0.3) is 5.91 Å². The molecule has 0 radical (unpaired) electrons. The fourth-order valence-electron chi connectivity index (χ4n) is 2.38. The topological polar surface area (TPSA) is 79.0 Å². The second kappa shape index (κ2) is 5.74. The van der Waals surface area contributed by atoms with Crippen molar-refractivity contribution >= 4 is 11.7 Å².